The van der Waals surface area contributed by atoms with Crippen molar-refractivity contribution < 1.29 is 0 Å². The standard InChI is InChI=1S/C13H16ClN3/c1-17(7-5-10-4-6-16-9-10)13-8-11(14)2-3-12(13)15/h2-4,6,8-9,16H,5,7,15H2,1H3. The number of benzene rings is 1. The lowest BCUT2D eigenvalue weighted by Crippen LogP contribution is -2.21. The molecule has 0 atom stereocenters. The first-order valence-electron chi connectivity index (χ1n) is 5.54. The van der Waals surface area contributed by atoms with Gasteiger partial charge in [0.15, 0.2) is 0 Å². The molecule has 0 aliphatic rings. The minimum Gasteiger partial charge on any atom is -0.397 e. The predicted molar refractivity (Wildman–Crippen MR) is 73.6 cm³/mol. The summed E-state index contributed by atoms with van der Waals surface area (Å²) >= 11 is 5.97. The number of halogens is 1. The molecular weight excluding hydrogens is 234 g/mol. The number of nitrogen functional groups attached to an aromatic ring is 1. The van der Waals surface area contributed by atoms with Crippen LogP contribution < -0.4 is 10.6 Å². The van der Waals surface area contributed by atoms with Crippen molar-refractivity contribution in [2.75, 3.05) is 24.2 Å². The second-order valence-electron chi connectivity index (χ2n) is 4.09. The Morgan fingerprint density at radius 1 is 1.35 bits per heavy atom. The van der Waals surface area contributed by atoms with E-state index in [1.165, 1.54) is 5.56 Å². The molecule has 0 fully saturated rings. The van der Waals surface area contributed by atoms with E-state index in [9.17, 15) is 0 Å². The van der Waals surface area contributed by atoms with E-state index < -0.39 is 0 Å². The second-order valence-corrected chi connectivity index (χ2v) is 4.53. The highest BCUT2D eigenvalue weighted by atomic mass is 35.5. The maximum Gasteiger partial charge on any atom is 0.0612 e. The van der Waals surface area contributed by atoms with E-state index in [-0.39, 0.29) is 0 Å². The van der Waals surface area contributed by atoms with Crippen molar-refractivity contribution in [3.8, 4) is 0 Å². The number of nitrogens with one attached hydrogen (secondary N) is 1. The third kappa shape index (κ3) is 2.94. The Morgan fingerprint density at radius 2 is 2.18 bits per heavy atom. The molecule has 0 saturated carbocycles. The molecule has 1 aromatic heterocycles. The lowest BCUT2D eigenvalue weighted by Gasteiger charge is -2.21. The number of hydrogen-bond donors (Lipinski definition) is 2. The maximum absolute atomic E-state index is 5.97. The van der Waals surface area contributed by atoms with Crippen molar-refractivity contribution in [2.45, 2.75) is 6.42 Å². The van der Waals surface area contributed by atoms with E-state index in [0.29, 0.717) is 5.02 Å². The van der Waals surface area contributed by atoms with Gasteiger partial charge in [-0.2, -0.15) is 0 Å². The fraction of sp³-hybridized carbons (Fsp3) is 0.231. The van der Waals surface area contributed by atoms with E-state index in [0.717, 1.165) is 24.3 Å². The SMILES string of the molecule is CN(CCc1cc[nH]c1)c1cc(Cl)ccc1N. The van der Waals surface area contributed by atoms with Crippen LogP contribution >= 0.6 is 11.6 Å². The topological polar surface area (TPSA) is 45.0 Å². The third-order valence-corrected chi connectivity index (χ3v) is 3.04. The zero-order valence-electron chi connectivity index (χ0n) is 9.78. The van der Waals surface area contributed by atoms with Gasteiger partial charge in [0, 0.05) is 31.0 Å². The van der Waals surface area contributed by atoms with Crippen LogP contribution in [0.15, 0.2) is 36.7 Å². The summed E-state index contributed by atoms with van der Waals surface area (Å²) in [4.78, 5) is 5.17. The first kappa shape index (κ1) is 11.9. The molecule has 0 radical (unpaired) electrons. The molecule has 3 N–H and O–H groups in total. The van der Waals surface area contributed by atoms with E-state index in [4.69, 9.17) is 17.3 Å². The van der Waals surface area contributed by atoms with Gasteiger partial charge in [-0.3, -0.25) is 0 Å². The summed E-state index contributed by atoms with van der Waals surface area (Å²) in [5, 5.41) is 0.711. The van der Waals surface area contributed by atoms with Crippen molar-refractivity contribution in [3.63, 3.8) is 0 Å². The minimum absolute atomic E-state index is 0.711. The Hall–Kier alpha value is -1.61. The normalized spacial score (nSPS) is 10.5. The van der Waals surface area contributed by atoms with E-state index in [2.05, 4.69) is 16.0 Å². The van der Waals surface area contributed by atoms with Gasteiger partial charge in [0.05, 0.1) is 11.4 Å². The van der Waals surface area contributed by atoms with Crippen molar-refractivity contribution >= 4 is 23.0 Å². The van der Waals surface area contributed by atoms with Crippen molar-refractivity contribution in [3.05, 3.63) is 47.2 Å². The number of anilines is 2. The van der Waals surface area contributed by atoms with E-state index in [1.54, 1.807) is 6.07 Å². The molecule has 0 amide bonds. The van der Waals surface area contributed by atoms with Crippen LogP contribution in [0.25, 0.3) is 0 Å². The molecule has 4 heteroatoms. The van der Waals surface area contributed by atoms with Crippen LogP contribution in [-0.4, -0.2) is 18.6 Å². The van der Waals surface area contributed by atoms with E-state index in [1.807, 2.05) is 31.6 Å². The van der Waals surface area contributed by atoms with Crippen molar-refractivity contribution in [1.82, 2.24) is 4.98 Å². The monoisotopic (exact) mass is 249 g/mol. The van der Waals surface area contributed by atoms with E-state index >= 15 is 0 Å². The number of nitrogens with two attached hydrogens (primary N) is 1. The van der Waals surface area contributed by atoms with Gasteiger partial charge in [-0.05, 0) is 36.2 Å². The molecule has 0 spiro atoms. The summed E-state index contributed by atoms with van der Waals surface area (Å²) in [6.45, 7) is 0.905. The fourth-order valence-electron chi connectivity index (χ4n) is 1.78. The van der Waals surface area contributed by atoms with Crippen molar-refractivity contribution in [2.24, 2.45) is 0 Å². The maximum atomic E-state index is 5.97. The predicted octanol–water partition coefficient (Wildman–Crippen LogP) is 2.93. The van der Waals surface area contributed by atoms with Crippen LogP contribution in [-0.2, 0) is 6.42 Å². The molecule has 0 bridgehead atoms. The quantitative estimate of drug-likeness (QED) is 0.819. The molecule has 0 unspecified atom stereocenters. The first-order chi connectivity index (χ1) is 8.16. The summed E-state index contributed by atoms with van der Waals surface area (Å²) < 4.78 is 0. The van der Waals surface area contributed by atoms with Crippen LogP contribution in [0.5, 0.6) is 0 Å². The molecule has 17 heavy (non-hydrogen) atoms. The highest BCUT2D eigenvalue weighted by Gasteiger charge is 2.06. The Morgan fingerprint density at radius 3 is 2.88 bits per heavy atom. The molecule has 0 saturated heterocycles. The second kappa shape index (κ2) is 5.15. The molecule has 3 nitrogen and oxygen atoms in total. The van der Waals surface area contributed by atoms with Crippen molar-refractivity contribution in [1.29, 1.82) is 0 Å². The number of nitrogens with zero attached hydrogens (tertiary/aromatic N) is 1. The number of H-pyrrole nitrogens is 1. The fourth-order valence-corrected chi connectivity index (χ4v) is 1.94. The largest absolute Gasteiger partial charge is 0.397 e. The third-order valence-electron chi connectivity index (χ3n) is 2.80. The molecule has 1 heterocycles. The minimum atomic E-state index is 0.711. The number of likely N-dealkylation sites (N-methyl/N-ethyl adjacent to an activating group) is 1. The molecule has 2 rings (SSSR count). The molecule has 90 valence electrons. The van der Waals surface area contributed by atoms with Gasteiger partial charge < -0.3 is 15.6 Å². The number of hydrogen-bond acceptors (Lipinski definition) is 2. The van der Waals surface area contributed by atoms with Crippen LogP contribution in [0.1, 0.15) is 5.56 Å². The summed E-state index contributed by atoms with van der Waals surface area (Å²) in [5.41, 5.74) is 8.96. The number of aromatic amines is 1. The summed E-state index contributed by atoms with van der Waals surface area (Å²) in [7, 11) is 2.02. The van der Waals surface area contributed by atoms with Crippen LogP contribution in [0.4, 0.5) is 11.4 Å². The van der Waals surface area contributed by atoms with Gasteiger partial charge in [0.2, 0.25) is 0 Å². The highest BCUT2D eigenvalue weighted by Crippen LogP contribution is 2.26. The zero-order valence-corrected chi connectivity index (χ0v) is 10.5. The average Bonchev–Trinajstić information content (AvgIpc) is 2.82. The van der Waals surface area contributed by atoms with Crippen LogP contribution in [0.3, 0.4) is 0 Å². The van der Waals surface area contributed by atoms with Gasteiger partial charge in [-0.1, -0.05) is 11.6 Å². The molecule has 2 aromatic rings. The van der Waals surface area contributed by atoms with Crippen LogP contribution in [0, 0.1) is 0 Å². The molecule has 1 aromatic carbocycles. The van der Waals surface area contributed by atoms with Gasteiger partial charge in [0.1, 0.15) is 0 Å². The summed E-state index contributed by atoms with van der Waals surface area (Å²) in [5.74, 6) is 0. The molecule has 0 aliphatic heterocycles. The lowest BCUT2D eigenvalue weighted by atomic mass is 10.2. The number of rotatable bonds is 4. The van der Waals surface area contributed by atoms with Gasteiger partial charge in [-0.25, -0.2) is 0 Å². The lowest BCUT2D eigenvalue weighted by molar-refractivity contribution is 0.879. The Labute approximate surface area is 106 Å². The summed E-state index contributed by atoms with van der Waals surface area (Å²) in [6.07, 6.45) is 4.92. The zero-order chi connectivity index (χ0) is 12.3. The Bertz CT molecular complexity index is 479. The molecule has 0 aliphatic carbocycles. The first-order valence-corrected chi connectivity index (χ1v) is 5.92. The van der Waals surface area contributed by atoms with Gasteiger partial charge in [-0.15, -0.1) is 0 Å². The van der Waals surface area contributed by atoms with Gasteiger partial charge >= 0.3 is 0 Å². The number of aromatic nitrogens is 1. The average molecular weight is 250 g/mol. The van der Waals surface area contributed by atoms with Gasteiger partial charge in [0.25, 0.3) is 0 Å². The van der Waals surface area contributed by atoms with Crippen LogP contribution in [0.2, 0.25) is 5.02 Å². The Kier molecular flexibility index (Phi) is 3.59. The molecular formula is C13H16ClN3. The highest BCUT2D eigenvalue weighted by molar-refractivity contribution is 6.31. The Balaban J connectivity index is 2.04. The summed E-state index contributed by atoms with van der Waals surface area (Å²) in [6, 6.07) is 7.62. The smallest absolute Gasteiger partial charge is 0.0612 e.